The Labute approximate surface area is 223 Å². The summed E-state index contributed by atoms with van der Waals surface area (Å²) in [6.45, 7) is 1.57. The number of amides is 1. The van der Waals surface area contributed by atoms with Crippen LogP contribution in [0.25, 0.3) is 10.8 Å². The zero-order chi connectivity index (χ0) is 26.4. The first-order valence-corrected chi connectivity index (χ1v) is 11.9. The molecule has 0 unspecified atom stereocenters. The molecular weight excluding hydrogens is 515 g/mol. The second kappa shape index (κ2) is 11.8. The average Bonchev–Trinajstić information content (AvgIpc) is 2.91. The van der Waals surface area contributed by atoms with Gasteiger partial charge in [0.15, 0.2) is 6.10 Å². The summed E-state index contributed by atoms with van der Waals surface area (Å²) in [6, 6.07) is 22.4. The number of halogens is 2. The molecule has 0 bridgehead atoms. The third-order valence-corrected chi connectivity index (χ3v) is 5.92. The second-order valence-corrected chi connectivity index (χ2v) is 8.73. The van der Waals surface area contributed by atoms with E-state index in [9.17, 15) is 9.59 Å². The number of fused-ring (bicyclic) bond motifs is 1. The zero-order valence-corrected chi connectivity index (χ0v) is 21.4. The standard InChI is InChI=1S/C28H22Cl2N2O5/c1-17(36-26-14-10-20(29)15-24(26)30)27(33)32-31-16-23-22-6-4-3-5-18(22)9-13-25(23)37-28(34)19-7-11-21(35-2)12-8-19/h3-17H,1-2H3,(H,32,33)/b31-16-/t17-/m0/s1. The molecule has 1 atom stereocenters. The van der Waals surface area contributed by atoms with Gasteiger partial charge in [-0.15, -0.1) is 0 Å². The minimum Gasteiger partial charge on any atom is -0.497 e. The fraction of sp³-hybridized carbons (Fsp3) is 0.107. The molecule has 0 saturated carbocycles. The summed E-state index contributed by atoms with van der Waals surface area (Å²) < 4.78 is 16.4. The molecule has 0 radical (unpaired) electrons. The number of carbonyl (C=O) groups excluding carboxylic acids is 2. The van der Waals surface area contributed by atoms with Gasteiger partial charge < -0.3 is 14.2 Å². The summed E-state index contributed by atoms with van der Waals surface area (Å²) in [5.74, 6) is 0.189. The Bertz CT molecular complexity index is 1470. The van der Waals surface area contributed by atoms with Crippen LogP contribution in [-0.2, 0) is 4.79 Å². The highest BCUT2D eigenvalue weighted by Gasteiger charge is 2.17. The van der Waals surface area contributed by atoms with Crippen molar-refractivity contribution in [2.24, 2.45) is 5.10 Å². The Hall–Kier alpha value is -4.07. The molecule has 4 aromatic carbocycles. The molecule has 0 saturated heterocycles. The van der Waals surface area contributed by atoms with Gasteiger partial charge in [-0.1, -0.05) is 53.5 Å². The van der Waals surface area contributed by atoms with E-state index in [4.69, 9.17) is 37.4 Å². The van der Waals surface area contributed by atoms with Gasteiger partial charge >= 0.3 is 5.97 Å². The summed E-state index contributed by atoms with van der Waals surface area (Å²) in [7, 11) is 1.55. The Balaban J connectivity index is 1.52. The predicted octanol–water partition coefficient (Wildman–Crippen LogP) is 6.29. The molecule has 9 heteroatoms. The zero-order valence-electron chi connectivity index (χ0n) is 19.9. The predicted molar refractivity (Wildman–Crippen MR) is 144 cm³/mol. The summed E-state index contributed by atoms with van der Waals surface area (Å²) >= 11 is 12.0. The van der Waals surface area contributed by atoms with Gasteiger partial charge in [0, 0.05) is 10.6 Å². The maximum Gasteiger partial charge on any atom is 0.343 e. The van der Waals surface area contributed by atoms with E-state index in [2.05, 4.69) is 10.5 Å². The minimum atomic E-state index is -0.893. The topological polar surface area (TPSA) is 86.2 Å². The van der Waals surface area contributed by atoms with Crippen molar-refractivity contribution >= 4 is 52.1 Å². The van der Waals surface area contributed by atoms with Gasteiger partial charge in [0.05, 0.1) is 23.9 Å². The number of hydrogen-bond acceptors (Lipinski definition) is 6. The van der Waals surface area contributed by atoms with Crippen molar-refractivity contribution in [2.75, 3.05) is 7.11 Å². The smallest absolute Gasteiger partial charge is 0.343 e. The monoisotopic (exact) mass is 536 g/mol. The third-order valence-electron chi connectivity index (χ3n) is 5.39. The van der Waals surface area contributed by atoms with E-state index in [-0.39, 0.29) is 10.8 Å². The third kappa shape index (κ3) is 6.39. The van der Waals surface area contributed by atoms with Crippen LogP contribution in [0.2, 0.25) is 10.0 Å². The fourth-order valence-electron chi connectivity index (χ4n) is 3.45. The van der Waals surface area contributed by atoms with Gasteiger partial charge in [0.2, 0.25) is 0 Å². The van der Waals surface area contributed by atoms with Gasteiger partial charge in [0.1, 0.15) is 17.2 Å². The first-order valence-electron chi connectivity index (χ1n) is 11.2. The van der Waals surface area contributed by atoms with Crippen molar-refractivity contribution in [3.8, 4) is 17.2 Å². The van der Waals surface area contributed by atoms with Gasteiger partial charge in [0.25, 0.3) is 5.91 Å². The lowest BCUT2D eigenvalue weighted by molar-refractivity contribution is -0.127. The van der Waals surface area contributed by atoms with E-state index in [1.54, 1.807) is 56.5 Å². The number of ether oxygens (including phenoxy) is 3. The van der Waals surface area contributed by atoms with E-state index >= 15 is 0 Å². The van der Waals surface area contributed by atoms with Crippen molar-refractivity contribution in [3.63, 3.8) is 0 Å². The van der Waals surface area contributed by atoms with E-state index in [0.717, 1.165) is 10.8 Å². The maximum atomic E-state index is 12.8. The number of hydrazone groups is 1. The summed E-state index contributed by atoms with van der Waals surface area (Å²) in [5.41, 5.74) is 3.33. The van der Waals surface area contributed by atoms with Gasteiger partial charge in [-0.3, -0.25) is 4.79 Å². The molecule has 4 rings (SSSR count). The van der Waals surface area contributed by atoms with Crippen LogP contribution >= 0.6 is 23.2 Å². The van der Waals surface area contributed by atoms with E-state index < -0.39 is 18.0 Å². The van der Waals surface area contributed by atoms with Crippen LogP contribution in [0.4, 0.5) is 0 Å². The quantitative estimate of drug-likeness (QED) is 0.124. The normalized spacial score (nSPS) is 11.8. The van der Waals surface area contributed by atoms with Crippen molar-refractivity contribution in [1.29, 1.82) is 0 Å². The van der Waals surface area contributed by atoms with E-state index in [1.165, 1.54) is 12.3 Å². The Morgan fingerprint density at radius 2 is 1.68 bits per heavy atom. The molecule has 0 aliphatic heterocycles. The molecule has 0 aliphatic carbocycles. The second-order valence-electron chi connectivity index (χ2n) is 7.89. The van der Waals surface area contributed by atoms with Crippen molar-refractivity contribution in [2.45, 2.75) is 13.0 Å². The van der Waals surface area contributed by atoms with Crippen LogP contribution in [-0.4, -0.2) is 31.3 Å². The highest BCUT2D eigenvalue weighted by atomic mass is 35.5. The Kier molecular flexibility index (Phi) is 8.28. The Morgan fingerprint density at radius 1 is 0.946 bits per heavy atom. The SMILES string of the molecule is COc1ccc(C(=O)Oc2ccc3ccccc3c2/C=N\NC(=O)[C@H](C)Oc2ccc(Cl)cc2Cl)cc1. The number of esters is 1. The maximum absolute atomic E-state index is 12.8. The van der Waals surface area contributed by atoms with Crippen LogP contribution < -0.4 is 19.6 Å². The first kappa shape index (κ1) is 26.0. The van der Waals surface area contributed by atoms with Crippen LogP contribution in [0, 0.1) is 0 Å². The molecule has 37 heavy (non-hydrogen) atoms. The van der Waals surface area contributed by atoms with Crippen molar-refractivity contribution in [1.82, 2.24) is 5.43 Å². The number of hydrogen-bond donors (Lipinski definition) is 1. The molecule has 1 amide bonds. The van der Waals surface area contributed by atoms with Gasteiger partial charge in [-0.2, -0.15) is 5.10 Å². The lowest BCUT2D eigenvalue weighted by atomic mass is 10.0. The molecule has 0 spiro atoms. The van der Waals surface area contributed by atoms with Crippen LogP contribution in [0.3, 0.4) is 0 Å². The van der Waals surface area contributed by atoms with Crippen molar-refractivity contribution < 1.29 is 23.8 Å². The number of benzene rings is 4. The lowest BCUT2D eigenvalue weighted by Gasteiger charge is -2.14. The molecule has 4 aromatic rings. The molecule has 1 N–H and O–H groups in total. The first-order chi connectivity index (χ1) is 17.9. The fourth-order valence-corrected chi connectivity index (χ4v) is 3.90. The minimum absolute atomic E-state index is 0.287. The van der Waals surface area contributed by atoms with Gasteiger partial charge in [-0.05, 0) is 66.2 Å². The molecule has 0 heterocycles. The van der Waals surface area contributed by atoms with Gasteiger partial charge in [-0.25, -0.2) is 10.2 Å². The summed E-state index contributed by atoms with van der Waals surface area (Å²) in [6.07, 6.45) is 0.537. The number of carbonyl (C=O) groups is 2. The van der Waals surface area contributed by atoms with Crippen LogP contribution in [0.5, 0.6) is 17.2 Å². The Morgan fingerprint density at radius 3 is 2.41 bits per heavy atom. The molecule has 0 aromatic heterocycles. The van der Waals surface area contributed by atoms with Crippen LogP contribution in [0.1, 0.15) is 22.8 Å². The molecule has 188 valence electrons. The van der Waals surface area contributed by atoms with E-state index in [1.807, 2.05) is 30.3 Å². The van der Waals surface area contributed by atoms with Crippen LogP contribution in [0.15, 0.2) is 84.0 Å². The molecule has 7 nitrogen and oxygen atoms in total. The largest absolute Gasteiger partial charge is 0.497 e. The molecular formula is C28H22Cl2N2O5. The average molecular weight is 537 g/mol. The lowest BCUT2D eigenvalue weighted by Crippen LogP contribution is -2.33. The molecule has 0 fully saturated rings. The van der Waals surface area contributed by atoms with E-state index in [0.29, 0.717) is 27.6 Å². The highest BCUT2D eigenvalue weighted by Crippen LogP contribution is 2.29. The molecule has 0 aliphatic rings. The van der Waals surface area contributed by atoms with Crippen molar-refractivity contribution in [3.05, 3.63) is 100 Å². The number of nitrogens with zero attached hydrogens (tertiary/aromatic N) is 1. The summed E-state index contributed by atoms with van der Waals surface area (Å²) in [4.78, 5) is 25.3. The summed E-state index contributed by atoms with van der Waals surface area (Å²) in [5, 5.41) is 6.53. The number of methoxy groups -OCH3 is 1. The number of nitrogens with one attached hydrogen (secondary N) is 1. The highest BCUT2D eigenvalue weighted by molar-refractivity contribution is 6.35. The number of rotatable bonds is 8.